The van der Waals surface area contributed by atoms with Crippen LogP contribution in [0.1, 0.15) is 0 Å². The van der Waals surface area contributed by atoms with Crippen molar-refractivity contribution in [3.63, 3.8) is 0 Å². The number of aliphatic hydroxyl groups excluding tert-OH is 2. The Morgan fingerprint density at radius 2 is 1.79 bits per heavy atom. The van der Waals surface area contributed by atoms with E-state index in [0.717, 1.165) is 0 Å². The molecule has 8 heteroatoms. The first kappa shape index (κ1) is 15.1. The third kappa shape index (κ3) is 3.86. The number of rotatable bonds is 3. The van der Waals surface area contributed by atoms with Crippen molar-refractivity contribution in [2.45, 2.75) is 18.7 Å². The molecule has 5 nitrogen and oxygen atoms in total. The molecule has 1 heterocycles. The number of aliphatic hydroxyl groups is 2. The van der Waals surface area contributed by atoms with Crippen LogP contribution in [0.4, 0.5) is 0 Å². The van der Waals surface area contributed by atoms with Gasteiger partial charge in [0.05, 0.1) is 21.7 Å². The van der Waals surface area contributed by atoms with Crippen LogP contribution in [0.3, 0.4) is 0 Å². The van der Waals surface area contributed by atoms with Gasteiger partial charge in [0, 0.05) is 6.07 Å². The molecule has 0 unspecified atom stereocenters. The molecule has 0 bridgehead atoms. The van der Waals surface area contributed by atoms with E-state index in [1.165, 1.54) is 12.1 Å². The molecule has 0 amide bonds. The molecule has 0 spiro atoms. The highest BCUT2D eigenvalue weighted by molar-refractivity contribution is 6.43. The quantitative estimate of drug-likeness (QED) is 0.831. The van der Waals surface area contributed by atoms with Gasteiger partial charge in [-0.15, -0.1) is 0 Å². The molecule has 0 saturated carbocycles. The van der Waals surface area contributed by atoms with Crippen LogP contribution in [0.2, 0.25) is 15.1 Å². The first-order valence-electron chi connectivity index (χ1n) is 5.38. The van der Waals surface area contributed by atoms with Crippen molar-refractivity contribution in [3.8, 4) is 5.75 Å². The zero-order valence-corrected chi connectivity index (χ0v) is 11.8. The lowest BCUT2D eigenvalue weighted by atomic mass is 10.3. The van der Waals surface area contributed by atoms with E-state index in [1.807, 2.05) is 0 Å². The Morgan fingerprint density at radius 3 is 2.47 bits per heavy atom. The standard InChI is InChI=1S/C11H11Cl3O5/c12-6-1-8(14)9(2-7(6)13)17-3-5-4-18-10(15)11(16)19-5/h1-2,5,10-11,15-16H,3-4H2/t5-,10+,11-/m1/s1. The van der Waals surface area contributed by atoms with Crippen molar-refractivity contribution in [3.05, 3.63) is 27.2 Å². The molecule has 0 radical (unpaired) electrons. The summed E-state index contributed by atoms with van der Waals surface area (Å²) >= 11 is 17.6. The molecule has 0 aliphatic carbocycles. The maximum Gasteiger partial charge on any atom is 0.207 e. The number of halogens is 3. The molecule has 2 N–H and O–H groups in total. The highest BCUT2D eigenvalue weighted by Crippen LogP contribution is 2.34. The van der Waals surface area contributed by atoms with Gasteiger partial charge in [0.2, 0.25) is 12.6 Å². The molecule has 1 aromatic rings. The van der Waals surface area contributed by atoms with Crippen LogP contribution in [0.25, 0.3) is 0 Å². The summed E-state index contributed by atoms with van der Waals surface area (Å²) in [7, 11) is 0. The molecule has 2 rings (SSSR count). The van der Waals surface area contributed by atoms with E-state index in [9.17, 15) is 5.11 Å². The fraction of sp³-hybridized carbons (Fsp3) is 0.455. The first-order valence-corrected chi connectivity index (χ1v) is 6.51. The van der Waals surface area contributed by atoms with Gasteiger partial charge in [0.25, 0.3) is 0 Å². The van der Waals surface area contributed by atoms with Gasteiger partial charge in [-0.2, -0.15) is 0 Å². The van der Waals surface area contributed by atoms with Crippen LogP contribution in [-0.2, 0) is 9.47 Å². The van der Waals surface area contributed by atoms with Gasteiger partial charge in [-0.25, -0.2) is 0 Å². The van der Waals surface area contributed by atoms with Gasteiger partial charge in [0.15, 0.2) is 0 Å². The molecule has 1 fully saturated rings. The van der Waals surface area contributed by atoms with Gasteiger partial charge in [-0.05, 0) is 6.07 Å². The second-order valence-electron chi connectivity index (χ2n) is 3.88. The zero-order chi connectivity index (χ0) is 14.0. The molecule has 1 aromatic carbocycles. The highest BCUT2D eigenvalue weighted by Gasteiger charge is 2.29. The van der Waals surface area contributed by atoms with Gasteiger partial charge in [0.1, 0.15) is 18.5 Å². The SMILES string of the molecule is O[C@@H]1O[C@H](COc2cc(Cl)c(Cl)cc2Cl)CO[C@@H]1O. The molecule has 1 aliphatic heterocycles. The number of hydrogen-bond acceptors (Lipinski definition) is 5. The lowest BCUT2D eigenvalue weighted by Crippen LogP contribution is -2.45. The Kier molecular flexibility index (Phi) is 5.14. The Bertz CT molecular complexity index is 456. The summed E-state index contributed by atoms with van der Waals surface area (Å²) in [6.45, 7) is 0.179. The van der Waals surface area contributed by atoms with Crippen molar-refractivity contribution in [1.29, 1.82) is 0 Å². The fourth-order valence-corrected chi connectivity index (χ4v) is 2.07. The minimum Gasteiger partial charge on any atom is -0.489 e. The van der Waals surface area contributed by atoms with E-state index in [2.05, 4.69) is 0 Å². The summed E-state index contributed by atoms with van der Waals surface area (Å²) in [5.74, 6) is 0.347. The molecule has 106 valence electrons. The van der Waals surface area contributed by atoms with Crippen LogP contribution in [0.15, 0.2) is 12.1 Å². The summed E-state index contributed by atoms with van der Waals surface area (Å²) < 4.78 is 15.4. The zero-order valence-electron chi connectivity index (χ0n) is 9.55. The predicted octanol–water partition coefficient (Wildman–Crippen LogP) is 2.08. The van der Waals surface area contributed by atoms with Crippen LogP contribution < -0.4 is 4.74 Å². The molecular weight excluding hydrogens is 318 g/mol. The molecule has 0 aromatic heterocycles. The van der Waals surface area contributed by atoms with E-state index in [1.54, 1.807) is 0 Å². The second-order valence-corrected chi connectivity index (χ2v) is 5.10. The Labute approximate surface area is 124 Å². The Morgan fingerprint density at radius 1 is 1.11 bits per heavy atom. The molecule has 19 heavy (non-hydrogen) atoms. The lowest BCUT2D eigenvalue weighted by molar-refractivity contribution is -0.316. The maximum atomic E-state index is 9.26. The van der Waals surface area contributed by atoms with Crippen LogP contribution in [-0.4, -0.2) is 42.1 Å². The minimum absolute atomic E-state index is 0.0848. The summed E-state index contributed by atoms with van der Waals surface area (Å²) in [6.07, 6.45) is -3.26. The van der Waals surface area contributed by atoms with E-state index >= 15 is 0 Å². The largest absolute Gasteiger partial charge is 0.489 e. The van der Waals surface area contributed by atoms with Gasteiger partial charge in [-0.1, -0.05) is 34.8 Å². The third-order valence-corrected chi connectivity index (χ3v) is 3.45. The summed E-state index contributed by atoms with van der Waals surface area (Å²) in [5, 5.41) is 19.3. The average molecular weight is 330 g/mol. The number of hydrogen-bond donors (Lipinski definition) is 2. The van der Waals surface area contributed by atoms with Gasteiger partial charge >= 0.3 is 0 Å². The fourth-order valence-electron chi connectivity index (χ4n) is 1.48. The highest BCUT2D eigenvalue weighted by atomic mass is 35.5. The minimum atomic E-state index is -1.40. The van der Waals surface area contributed by atoms with Crippen LogP contribution >= 0.6 is 34.8 Å². The van der Waals surface area contributed by atoms with Crippen LogP contribution in [0.5, 0.6) is 5.75 Å². The van der Waals surface area contributed by atoms with Crippen molar-refractivity contribution in [1.82, 2.24) is 0 Å². The monoisotopic (exact) mass is 328 g/mol. The summed E-state index contributed by atoms with van der Waals surface area (Å²) in [4.78, 5) is 0. The first-order chi connectivity index (χ1) is 8.97. The number of ether oxygens (including phenoxy) is 3. The third-order valence-electron chi connectivity index (χ3n) is 2.43. The molecule has 1 aliphatic rings. The smallest absolute Gasteiger partial charge is 0.207 e. The van der Waals surface area contributed by atoms with Crippen molar-refractivity contribution in [2.24, 2.45) is 0 Å². The summed E-state index contributed by atoms with van der Waals surface area (Å²) in [6, 6.07) is 2.96. The van der Waals surface area contributed by atoms with Crippen molar-refractivity contribution in [2.75, 3.05) is 13.2 Å². The normalized spacial score (nSPS) is 27.3. The van der Waals surface area contributed by atoms with E-state index in [0.29, 0.717) is 20.8 Å². The topological polar surface area (TPSA) is 68.2 Å². The maximum absolute atomic E-state index is 9.26. The van der Waals surface area contributed by atoms with Crippen LogP contribution in [0, 0.1) is 0 Å². The second kappa shape index (κ2) is 6.45. The summed E-state index contributed by atoms with van der Waals surface area (Å²) in [5.41, 5.74) is 0. The number of benzene rings is 1. The predicted molar refractivity (Wildman–Crippen MR) is 69.8 cm³/mol. The average Bonchev–Trinajstić information content (AvgIpc) is 2.36. The molecule has 1 saturated heterocycles. The van der Waals surface area contributed by atoms with Gasteiger partial charge < -0.3 is 24.4 Å². The van der Waals surface area contributed by atoms with E-state index in [-0.39, 0.29) is 13.2 Å². The molecule has 3 atom stereocenters. The lowest BCUT2D eigenvalue weighted by Gasteiger charge is -2.30. The Hall–Kier alpha value is -0.270. The van der Waals surface area contributed by atoms with Gasteiger partial charge in [-0.3, -0.25) is 0 Å². The Balaban J connectivity index is 1.94. The molecular formula is C11H11Cl3O5. The van der Waals surface area contributed by atoms with E-state index in [4.69, 9.17) is 54.1 Å². The van der Waals surface area contributed by atoms with Crippen molar-refractivity contribution >= 4 is 34.8 Å². The van der Waals surface area contributed by atoms with Crippen molar-refractivity contribution < 1.29 is 24.4 Å². The van der Waals surface area contributed by atoms with E-state index < -0.39 is 18.7 Å².